The molecule has 1 atom stereocenters. The number of ether oxygens (including phenoxy) is 1. The van der Waals surface area contributed by atoms with E-state index in [0.717, 1.165) is 6.42 Å². The van der Waals surface area contributed by atoms with Crippen molar-refractivity contribution in [3.8, 4) is 0 Å². The highest BCUT2D eigenvalue weighted by Gasteiger charge is 2.33. The summed E-state index contributed by atoms with van der Waals surface area (Å²) in [4.78, 5) is 44.8. The standard InChI is InChI=1S/C14H15N5O4.C2H6/c1-23-12(21)10-3-2-6-19(10)13-15-5-4-8(16-13)7-9-11(20)18-14(22)17-9;1-2/h4-5,7,10H,2-3,6H2,1H3,(H2,17,18,20,22);1-2H3/b9-7-;. The summed E-state index contributed by atoms with van der Waals surface area (Å²) < 4.78 is 4.80. The van der Waals surface area contributed by atoms with Gasteiger partial charge in [-0.2, -0.15) is 0 Å². The van der Waals surface area contributed by atoms with Crippen molar-refractivity contribution in [3.05, 3.63) is 23.7 Å². The van der Waals surface area contributed by atoms with Crippen LogP contribution in [0.1, 0.15) is 32.4 Å². The topological polar surface area (TPSA) is 114 Å². The number of nitrogens with one attached hydrogen (secondary N) is 2. The predicted molar refractivity (Wildman–Crippen MR) is 90.4 cm³/mol. The van der Waals surface area contributed by atoms with E-state index in [0.29, 0.717) is 24.6 Å². The summed E-state index contributed by atoms with van der Waals surface area (Å²) in [6.07, 6.45) is 4.51. The van der Waals surface area contributed by atoms with E-state index in [1.165, 1.54) is 19.4 Å². The Hall–Kier alpha value is -2.97. The zero-order valence-corrected chi connectivity index (χ0v) is 14.4. The van der Waals surface area contributed by atoms with Gasteiger partial charge in [0.25, 0.3) is 5.91 Å². The number of imide groups is 1. The van der Waals surface area contributed by atoms with E-state index in [2.05, 4.69) is 20.6 Å². The monoisotopic (exact) mass is 347 g/mol. The molecule has 2 saturated heterocycles. The van der Waals surface area contributed by atoms with Crippen molar-refractivity contribution < 1.29 is 19.1 Å². The average Bonchev–Trinajstić information content (AvgIpc) is 3.23. The van der Waals surface area contributed by atoms with Crippen LogP contribution >= 0.6 is 0 Å². The minimum atomic E-state index is -0.569. The van der Waals surface area contributed by atoms with Crippen molar-refractivity contribution in [2.24, 2.45) is 0 Å². The van der Waals surface area contributed by atoms with Crippen molar-refractivity contribution >= 4 is 29.9 Å². The Morgan fingerprint density at radius 3 is 2.76 bits per heavy atom. The maximum Gasteiger partial charge on any atom is 0.328 e. The maximum absolute atomic E-state index is 11.8. The summed E-state index contributed by atoms with van der Waals surface area (Å²) >= 11 is 0. The van der Waals surface area contributed by atoms with Gasteiger partial charge in [0.2, 0.25) is 5.95 Å². The number of esters is 1. The van der Waals surface area contributed by atoms with Gasteiger partial charge < -0.3 is 15.0 Å². The van der Waals surface area contributed by atoms with E-state index < -0.39 is 18.0 Å². The van der Waals surface area contributed by atoms with Crippen LogP contribution in [0.15, 0.2) is 18.0 Å². The number of urea groups is 1. The molecule has 0 aliphatic carbocycles. The van der Waals surface area contributed by atoms with Gasteiger partial charge in [0.05, 0.1) is 12.8 Å². The number of hydrogen-bond acceptors (Lipinski definition) is 7. The zero-order valence-electron chi connectivity index (χ0n) is 14.4. The minimum Gasteiger partial charge on any atom is -0.467 e. The van der Waals surface area contributed by atoms with Gasteiger partial charge in [-0.1, -0.05) is 13.8 Å². The first kappa shape index (κ1) is 18.4. The molecule has 9 nitrogen and oxygen atoms in total. The van der Waals surface area contributed by atoms with E-state index in [1.54, 1.807) is 11.0 Å². The second-order valence-electron chi connectivity index (χ2n) is 5.12. The van der Waals surface area contributed by atoms with Crippen LogP contribution in [0.5, 0.6) is 0 Å². The van der Waals surface area contributed by atoms with Crippen LogP contribution in [-0.2, 0) is 14.3 Å². The van der Waals surface area contributed by atoms with E-state index >= 15 is 0 Å². The molecule has 2 fully saturated rings. The third-order valence-electron chi connectivity index (χ3n) is 3.66. The molecule has 2 aliphatic rings. The maximum atomic E-state index is 11.8. The average molecular weight is 347 g/mol. The van der Waals surface area contributed by atoms with Gasteiger partial charge in [0.1, 0.15) is 11.7 Å². The smallest absolute Gasteiger partial charge is 0.328 e. The van der Waals surface area contributed by atoms with Crippen molar-refractivity contribution in [3.63, 3.8) is 0 Å². The molecule has 1 aromatic heterocycles. The second kappa shape index (κ2) is 8.22. The Kier molecular flexibility index (Phi) is 6.04. The molecule has 2 aliphatic heterocycles. The minimum absolute atomic E-state index is 0.116. The van der Waals surface area contributed by atoms with Crippen LogP contribution < -0.4 is 15.5 Å². The quantitative estimate of drug-likeness (QED) is 0.473. The molecule has 1 aromatic rings. The number of carbonyl (C=O) groups is 3. The third-order valence-corrected chi connectivity index (χ3v) is 3.66. The SMILES string of the molecule is CC.COC(=O)C1CCCN1c1nccc(/C=C2\NC(=O)NC2=O)n1. The van der Waals surface area contributed by atoms with Gasteiger partial charge >= 0.3 is 12.0 Å². The molecule has 2 N–H and O–H groups in total. The Balaban J connectivity index is 0.00000109. The number of nitrogens with zero attached hydrogens (tertiary/aromatic N) is 3. The lowest BCUT2D eigenvalue weighted by molar-refractivity contribution is -0.142. The second-order valence-corrected chi connectivity index (χ2v) is 5.12. The van der Waals surface area contributed by atoms with Gasteiger partial charge in [-0.05, 0) is 25.0 Å². The number of anilines is 1. The van der Waals surface area contributed by atoms with E-state index in [4.69, 9.17) is 4.74 Å². The molecule has 3 amide bonds. The fourth-order valence-corrected chi connectivity index (χ4v) is 2.60. The van der Waals surface area contributed by atoms with Gasteiger partial charge in [-0.3, -0.25) is 10.1 Å². The lowest BCUT2D eigenvalue weighted by Gasteiger charge is -2.22. The normalized spacial score (nSPS) is 20.7. The lowest BCUT2D eigenvalue weighted by atomic mass is 10.2. The summed E-state index contributed by atoms with van der Waals surface area (Å²) in [6.45, 7) is 4.65. The van der Waals surface area contributed by atoms with Gasteiger partial charge in [0, 0.05) is 12.7 Å². The van der Waals surface area contributed by atoms with Gasteiger partial charge in [-0.15, -0.1) is 0 Å². The number of amides is 3. The van der Waals surface area contributed by atoms with Crippen LogP contribution in [0.3, 0.4) is 0 Å². The Labute approximate surface area is 145 Å². The summed E-state index contributed by atoms with van der Waals surface area (Å²) in [5, 5.41) is 4.50. The summed E-state index contributed by atoms with van der Waals surface area (Å²) in [7, 11) is 1.35. The Bertz CT molecular complexity index is 704. The molecule has 0 aromatic carbocycles. The van der Waals surface area contributed by atoms with Crippen LogP contribution in [0.4, 0.5) is 10.7 Å². The molecule has 0 radical (unpaired) electrons. The number of hydrogen-bond donors (Lipinski definition) is 2. The first-order valence-electron chi connectivity index (χ1n) is 8.10. The highest BCUT2D eigenvalue weighted by atomic mass is 16.5. The largest absolute Gasteiger partial charge is 0.467 e. The fourth-order valence-electron chi connectivity index (χ4n) is 2.60. The zero-order chi connectivity index (χ0) is 18.4. The predicted octanol–water partition coefficient (Wildman–Crippen LogP) is 0.825. The van der Waals surface area contributed by atoms with Crippen LogP contribution in [0.25, 0.3) is 6.08 Å². The summed E-state index contributed by atoms with van der Waals surface area (Å²) in [5.41, 5.74) is 0.573. The molecule has 1 unspecified atom stereocenters. The lowest BCUT2D eigenvalue weighted by Crippen LogP contribution is -2.38. The summed E-state index contributed by atoms with van der Waals surface area (Å²) in [6, 6.07) is 0.635. The van der Waals surface area contributed by atoms with Crippen molar-refractivity contribution in [1.29, 1.82) is 0 Å². The highest BCUT2D eigenvalue weighted by Crippen LogP contribution is 2.23. The molecule has 3 heterocycles. The molecule has 0 saturated carbocycles. The molecular formula is C16H21N5O4. The molecule has 3 rings (SSSR count). The molecular weight excluding hydrogens is 326 g/mol. The van der Waals surface area contributed by atoms with Crippen molar-refractivity contribution in [2.75, 3.05) is 18.6 Å². The number of rotatable bonds is 3. The first-order valence-corrected chi connectivity index (χ1v) is 8.10. The summed E-state index contributed by atoms with van der Waals surface area (Å²) in [5.74, 6) is -0.446. The van der Waals surface area contributed by atoms with Crippen LogP contribution in [0, 0.1) is 0 Å². The Morgan fingerprint density at radius 2 is 2.12 bits per heavy atom. The molecule has 0 bridgehead atoms. The number of aromatic nitrogens is 2. The molecule has 0 spiro atoms. The highest BCUT2D eigenvalue weighted by molar-refractivity contribution is 6.13. The van der Waals surface area contributed by atoms with Crippen LogP contribution in [-0.4, -0.2) is 47.6 Å². The molecule has 25 heavy (non-hydrogen) atoms. The van der Waals surface area contributed by atoms with Crippen molar-refractivity contribution in [1.82, 2.24) is 20.6 Å². The van der Waals surface area contributed by atoms with E-state index in [-0.39, 0.29) is 11.7 Å². The van der Waals surface area contributed by atoms with Gasteiger partial charge in [0.15, 0.2) is 0 Å². The number of carbonyl (C=O) groups excluding carboxylic acids is 3. The van der Waals surface area contributed by atoms with Crippen LogP contribution in [0.2, 0.25) is 0 Å². The van der Waals surface area contributed by atoms with Gasteiger partial charge in [-0.25, -0.2) is 19.6 Å². The van der Waals surface area contributed by atoms with Crippen molar-refractivity contribution in [2.45, 2.75) is 32.7 Å². The van der Waals surface area contributed by atoms with E-state index in [9.17, 15) is 14.4 Å². The number of methoxy groups -OCH3 is 1. The fraction of sp³-hybridized carbons (Fsp3) is 0.438. The Morgan fingerprint density at radius 1 is 1.36 bits per heavy atom. The third kappa shape index (κ3) is 4.11. The first-order chi connectivity index (χ1) is 12.1. The molecule has 134 valence electrons. The molecule has 9 heteroatoms. The van der Waals surface area contributed by atoms with E-state index in [1.807, 2.05) is 13.8 Å².